The molecule has 2 aliphatic carbocycles. The Hall–Kier alpha value is -1.09. The summed E-state index contributed by atoms with van der Waals surface area (Å²) in [6.45, 7) is -0.472. The normalized spacial score (nSPS) is 29.2. The molecule has 126 valence electrons. The lowest BCUT2D eigenvalue weighted by Gasteiger charge is -2.37. The first-order valence-electron chi connectivity index (χ1n) is 7.18. The Morgan fingerprint density at radius 2 is 2.00 bits per heavy atom. The molecule has 2 aliphatic rings. The highest BCUT2D eigenvalue weighted by atomic mass is 32.2. The molecule has 0 saturated heterocycles. The first kappa shape index (κ1) is 17.3. The molecule has 0 aromatic carbocycles. The molecule has 0 aliphatic heterocycles. The van der Waals surface area contributed by atoms with Gasteiger partial charge in [-0.15, -0.1) is 0 Å². The lowest BCUT2D eigenvalue weighted by atomic mass is 9.66. The summed E-state index contributed by atoms with van der Waals surface area (Å²) in [5.41, 5.74) is 0. The van der Waals surface area contributed by atoms with Crippen LogP contribution in [0.5, 0.6) is 0 Å². The van der Waals surface area contributed by atoms with Crippen molar-refractivity contribution in [2.24, 2.45) is 17.8 Å². The second-order valence-electron chi connectivity index (χ2n) is 5.98. The van der Waals surface area contributed by atoms with E-state index < -0.39 is 27.9 Å². The predicted octanol–water partition coefficient (Wildman–Crippen LogP) is 1.80. The van der Waals surface area contributed by atoms with Crippen LogP contribution in [0.1, 0.15) is 38.5 Å². The molecule has 22 heavy (non-hydrogen) atoms. The first-order valence-corrected chi connectivity index (χ1v) is 8.62. The SMILES string of the molecule is O=C1C2CCCC(C2)CC1CCOC(=O)C(F)(F)S(=O)(=O)O. The molecule has 0 spiro atoms. The molecule has 3 atom stereocenters. The van der Waals surface area contributed by atoms with Crippen molar-refractivity contribution in [3.05, 3.63) is 0 Å². The fourth-order valence-electron chi connectivity index (χ4n) is 3.36. The minimum Gasteiger partial charge on any atom is -0.460 e. The number of ketones is 1. The third kappa shape index (κ3) is 3.45. The topological polar surface area (TPSA) is 97.7 Å². The van der Waals surface area contributed by atoms with Crippen molar-refractivity contribution in [2.45, 2.75) is 43.8 Å². The van der Waals surface area contributed by atoms with Gasteiger partial charge in [-0.25, -0.2) is 4.79 Å². The highest BCUT2D eigenvalue weighted by Gasteiger charge is 2.54. The Balaban J connectivity index is 1.86. The summed E-state index contributed by atoms with van der Waals surface area (Å²) < 4.78 is 59.2. The van der Waals surface area contributed by atoms with Crippen LogP contribution in [0.25, 0.3) is 0 Å². The van der Waals surface area contributed by atoms with Crippen molar-refractivity contribution in [3.8, 4) is 0 Å². The molecular weight excluding hydrogens is 322 g/mol. The number of hydrogen-bond donors (Lipinski definition) is 1. The quantitative estimate of drug-likeness (QED) is 0.605. The first-order chi connectivity index (χ1) is 10.1. The zero-order chi connectivity index (χ0) is 16.5. The van der Waals surface area contributed by atoms with Gasteiger partial charge in [0.1, 0.15) is 5.78 Å². The molecule has 3 unspecified atom stereocenters. The predicted molar refractivity (Wildman–Crippen MR) is 70.6 cm³/mol. The van der Waals surface area contributed by atoms with E-state index in [-0.39, 0.29) is 24.0 Å². The average molecular weight is 340 g/mol. The van der Waals surface area contributed by atoms with Crippen LogP contribution >= 0.6 is 0 Å². The summed E-state index contributed by atoms with van der Waals surface area (Å²) in [7, 11) is -5.85. The second-order valence-corrected chi connectivity index (χ2v) is 7.44. The van der Waals surface area contributed by atoms with Gasteiger partial charge in [-0.05, 0) is 31.6 Å². The van der Waals surface area contributed by atoms with E-state index in [9.17, 15) is 26.8 Å². The molecule has 9 heteroatoms. The van der Waals surface area contributed by atoms with Gasteiger partial charge in [0.2, 0.25) is 0 Å². The van der Waals surface area contributed by atoms with Crippen molar-refractivity contribution < 1.29 is 36.1 Å². The van der Waals surface area contributed by atoms with E-state index in [0.29, 0.717) is 12.3 Å². The second kappa shape index (κ2) is 6.19. The van der Waals surface area contributed by atoms with E-state index in [1.807, 2.05) is 0 Å². The number of carbonyl (C=O) groups is 2. The molecule has 2 rings (SSSR count). The van der Waals surface area contributed by atoms with Gasteiger partial charge >= 0.3 is 21.3 Å². The van der Waals surface area contributed by atoms with Gasteiger partial charge in [0.15, 0.2) is 0 Å². The van der Waals surface area contributed by atoms with Crippen molar-refractivity contribution in [1.29, 1.82) is 0 Å². The number of hydrogen-bond acceptors (Lipinski definition) is 5. The van der Waals surface area contributed by atoms with Crippen molar-refractivity contribution in [3.63, 3.8) is 0 Å². The smallest absolute Gasteiger partial charge is 0.460 e. The zero-order valence-corrected chi connectivity index (χ0v) is 12.7. The molecule has 2 saturated carbocycles. The summed E-state index contributed by atoms with van der Waals surface area (Å²) in [6, 6.07) is 0. The standard InChI is InChI=1S/C13H18F2O6S/c14-13(15,22(18,19)20)12(17)21-5-4-10-7-8-2-1-3-9(6-8)11(10)16/h8-10H,1-7H2,(H,18,19,20). The Bertz CT molecular complexity index is 559. The van der Waals surface area contributed by atoms with E-state index in [1.54, 1.807) is 0 Å². The molecule has 0 amide bonds. The van der Waals surface area contributed by atoms with Gasteiger partial charge in [0.25, 0.3) is 0 Å². The van der Waals surface area contributed by atoms with Gasteiger partial charge < -0.3 is 4.74 Å². The molecular formula is C13H18F2O6S. The van der Waals surface area contributed by atoms with Crippen LogP contribution in [0.2, 0.25) is 0 Å². The molecule has 6 nitrogen and oxygen atoms in total. The minimum absolute atomic E-state index is 0.00691. The molecule has 0 heterocycles. The van der Waals surface area contributed by atoms with Gasteiger partial charge in [-0.3, -0.25) is 9.35 Å². The lowest BCUT2D eigenvalue weighted by molar-refractivity contribution is -0.162. The third-order valence-electron chi connectivity index (χ3n) is 4.47. The number of alkyl halides is 2. The largest absolute Gasteiger partial charge is 0.465 e. The zero-order valence-electron chi connectivity index (χ0n) is 11.8. The van der Waals surface area contributed by atoms with Crippen LogP contribution in [-0.4, -0.2) is 36.6 Å². The monoisotopic (exact) mass is 340 g/mol. The average Bonchev–Trinajstić information content (AvgIpc) is 2.43. The molecule has 1 N–H and O–H groups in total. The number of rotatable bonds is 5. The summed E-state index contributed by atoms with van der Waals surface area (Å²) in [6.07, 6.45) is 4.52. The fraction of sp³-hybridized carbons (Fsp3) is 0.846. The Morgan fingerprint density at radius 1 is 1.32 bits per heavy atom. The summed E-state index contributed by atoms with van der Waals surface area (Å²) in [5, 5.41) is -4.99. The van der Waals surface area contributed by atoms with Gasteiger partial charge in [-0.1, -0.05) is 12.8 Å². The van der Waals surface area contributed by atoms with E-state index in [1.165, 1.54) is 0 Å². The molecule has 2 fully saturated rings. The van der Waals surface area contributed by atoms with Gasteiger partial charge in [0.05, 0.1) is 6.61 Å². The Morgan fingerprint density at radius 3 is 2.64 bits per heavy atom. The minimum atomic E-state index is -5.85. The Kier molecular flexibility index (Phi) is 4.86. The summed E-state index contributed by atoms with van der Waals surface area (Å²) in [5.74, 6) is -2.13. The van der Waals surface area contributed by atoms with Crippen LogP contribution in [0.15, 0.2) is 0 Å². The molecule has 0 radical (unpaired) electrons. The number of Topliss-reactive ketones (excluding diaryl/α,β-unsaturated/α-hetero) is 1. The van der Waals surface area contributed by atoms with Crippen LogP contribution in [-0.2, 0) is 24.4 Å². The van der Waals surface area contributed by atoms with Crippen LogP contribution in [0.4, 0.5) is 8.78 Å². The number of fused-ring (bicyclic) bond motifs is 2. The van der Waals surface area contributed by atoms with E-state index >= 15 is 0 Å². The molecule has 2 bridgehead atoms. The number of halogens is 2. The van der Waals surface area contributed by atoms with E-state index in [4.69, 9.17) is 4.55 Å². The maximum atomic E-state index is 13.0. The third-order valence-corrected chi connectivity index (χ3v) is 5.28. The highest BCUT2D eigenvalue weighted by Crippen LogP contribution is 2.41. The van der Waals surface area contributed by atoms with E-state index in [0.717, 1.165) is 25.7 Å². The fourth-order valence-corrected chi connectivity index (χ4v) is 3.63. The maximum absolute atomic E-state index is 13.0. The number of carbonyl (C=O) groups excluding carboxylic acids is 2. The van der Waals surface area contributed by atoms with Crippen molar-refractivity contribution >= 4 is 21.9 Å². The summed E-state index contributed by atoms with van der Waals surface area (Å²) >= 11 is 0. The highest BCUT2D eigenvalue weighted by molar-refractivity contribution is 7.87. The van der Waals surface area contributed by atoms with Crippen LogP contribution in [0.3, 0.4) is 0 Å². The van der Waals surface area contributed by atoms with Crippen molar-refractivity contribution in [2.75, 3.05) is 6.61 Å². The number of esters is 1. The van der Waals surface area contributed by atoms with Crippen molar-refractivity contribution in [1.82, 2.24) is 0 Å². The Labute approximate surface area is 127 Å². The van der Waals surface area contributed by atoms with Gasteiger partial charge in [-0.2, -0.15) is 17.2 Å². The van der Waals surface area contributed by atoms with Crippen LogP contribution in [0, 0.1) is 17.8 Å². The summed E-state index contributed by atoms with van der Waals surface area (Å²) in [4.78, 5) is 23.2. The maximum Gasteiger partial charge on any atom is 0.465 e. The van der Waals surface area contributed by atoms with Gasteiger partial charge in [0, 0.05) is 11.8 Å². The lowest BCUT2D eigenvalue weighted by Crippen LogP contribution is -2.40. The van der Waals surface area contributed by atoms with Crippen LogP contribution < -0.4 is 0 Å². The molecule has 0 aromatic rings. The number of ether oxygens (including phenoxy) is 1. The molecule has 0 aromatic heterocycles. The van der Waals surface area contributed by atoms with E-state index in [2.05, 4.69) is 4.74 Å².